The number of likely N-dealkylation sites (tertiary alicyclic amines) is 1. The Balaban J connectivity index is 2.53. The minimum Gasteiger partial charge on any atom is -0.394 e. The predicted octanol–water partition coefficient (Wildman–Crippen LogP) is -0.420. The van der Waals surface area contributed by atoms with Gasteiger partial charge in [0.05, 0.1) is 25.2 Å². The van der Waals surface area contributed by atoms with E-state index in [1.165, 1.54) is 0 Å². The molecular formula is C11H22N2O3. The summed E-state index contributed by atoms with van der Waals surface area (Å²) in [6.07, 6.45) is 1.04. The topological polar surface area (TPSA) is 75.8 Å². The summed E-state index contributed by atoms with van der Waals surface area (Å²) in [7, 11) is 1.56. The van der Waals surface area contributed by atoms with Gasteiger partial charge in [0.15, 0.2) is 0 Å². The van der Waals surface area contributed by atoms with E-state index in [9.17, 15) is 9.90 Å². The molecule has 1 amide bonds. The van der Waals surface area contributed by atoms with Crippen LogP contribution in [0.3, 0.4) is 0 Å². The first-order valence-corrected chi connectivity index (χ1v) is 5.77. The van der Waals surface area contributed by atoms with Crippen LogP contribution in [0.25, 0.3) is 0 Å². The van der Waals surface area contributed by atoms with Crippen LogP contribution in [0, 0.1) is 5.92 Å². The molecule has 3 atom stereocenters. The molecule has 1 rings (SSSR count). The van der Waals surface area contributed by atoms with Crippen molar-refractivity contribution in [3.8, 4) is 0 Å². The highest BCUT2D eigenvalue weighted by atomic mass is 16.5. The van der Waals surface area contributed by atoms with Crippen molar-refractivity contribution >= 4 is 5.91 Å². The van der Waals surface area contributed by atoms with Gasteiger partial charge in [0.25, 0.3) is 0 Å². The third kappa shape index (κ3) is 2.93. The number of carbonyl (C=O) groups is 1. The van der Waals surface area contributed by atoms with Gasteiger partial charge in [-0.05, 0) is 12.3 Å². The summed E-state index contributed by atoms with van der Waals surface area (Å²) in [5.41, 5.74) is 5.48. The molecule has 0 saturated carbocycles. The Hall–Kier alpha value is -0.650. The van der Waals surface area contributed by atoms with Crippen LogP contribution in [0.15, 0.2) is 0 Å². The molecule has 0 aliphatic carbocycles. The van der Waals surface area contributed by atoms with Gasteiger partial charge in [-0.15, -0.1) is 0 Å². The maximum atomic E-state index is 12.0. The monoisotopic (exact) mass is 230 g/mol. The number of hydrogen-bond acceptors (Lipinski definition) is 4. The van der Waals surface area contributed by atoms with Gasteiger partial charge < -0.3 is 20.5 Å². The molecule has 1 aliphatic heterocycles. The van der Waals surface area contributed by atoms with Gasteiger partial charge in [0.2, 0.25) is 5.91 Å². The number of amides is 1. The minimum absolute atomic E-state index is 0.0284. The Labute approximate surface area is 96.6 Å². The van der Waals surface area contributed by atoms with Gasteiger partial charge in [-0.2, -0.15) is 0 Å². The van der Waals surface area contributed by atoms with Crippen molar-refractivity contribution in [2.24, 2.45) is 11.7 Å². The molecular weight excluding hydrogens is 208 g/mol. The molecule has 16 heavy (non-hydrogen) atoms. The highest BCUT2D eigenvalue weighted by molar-refractivity contribution is 5.77. The second-order valence-corrected chi connectivity index (χ2v) is 4.40. The molecule has 0 spiro atoms. The Morgan fingerprint density at radius 1 is 1.69 bits per heavy atom. The Morgan fingerprint density at radius 3 is 2.88 bits per heavy atom. The maximum absolute atomic E-state index is 12.0. The predicted molar refractivity (Wildman–Crippen MR) is 60.8 cm³/mol. The first-order chi connectivity index (χ1) is 7.63. The lowest BCUT2D eigenvalue weighted by atomic mass is 10.0. The summed E-state index contributed by atoms with van der Waals surface area (Å²) >= 11 is 0. The van der Waals surface area contributed by atoms with Crippen LogP contribution in [0.4, 0.5) is 0 Å². The molecule has 0 aromatic carbocycles. The number of aliphatic hydroxyl groups excluding tert-OH is 1. The van der Waals surface area contributed by atoms with Gasteiger partial charge in [0, 0.05) is 20.2 Å². The molecule has 0 aromatic rings. The first-order valence-electron chi connectivity index (χ1n) is 5.77. The summed E-state index contributed by atoms with van der Waals surface area (Å²) in [6.45, 7) is 3.17. The highest BCUT2D eigenvalue weighted by Crippen LogP contribution is 2.24. The van der Waals surface area contributed by atoms with E-state index in [2.05, 4.69) is 6.92 Å². The summed E-state index contributed by atoms with van der Waals surface area (Å²) in [4.78, 5) is 13.7. The number of ether oxygens (including phenoxy) is 1. The Morgan fingerprint density at radius 2 is 2.38 bits per heavy atom. The number of carbonyl (C=O) groups excluding carboxylic acids is 1. The van der Waals surface area contributed by atoms with Crippen molar-refractivity contribution in [2.45, 2.75) is 31.9 Å². The fraction of sp³-hybridized carbons (Fsp3) is 0.909. The van der Waals surface area contributed by atoms with E-state index in [4.69, 9.17) is 10.5 Å². The van der Waals surface area contributed by atoms with Crippen molar-refractivity contribution in [2.75, 3.05) is 26.8 Å². The van der Waals surface area contributed by atoms with E-state index in [0.717, 1.165) is 13.0 Å². The fourth-order valence-electron chi connectivity index (χ4n) is 2.17. The van der Waals surface area contributed by atoms with Crippen LogP contribution in [0.1, 0.15) is 19.8 Å². The van der Waals surface area contributed by atoms with Crippen molar-refractivity contribution in [3.63, 3.8) is 0 Å². The maximum Gasteiger partial charge on any atom is 0.225 e. The highest BCUT2D eigenvalue weighted by Gasteiger charge is 2.34. The van der Waals surface area contributed by atoms with Crippen LogP contribution in [0.5, 0.6) is 0 Å². The molecule has 3 N–H and O–H groups in total. The average molecular weight is 230 g/mol. The van der Waals surface area contributed by atoms with Crippen LogP contribution in [-0.2, 0) is 9.53 Å². The second kappa shape index (κ2) is 6.18. The molecule has 3 unspecified atom stereocenters. The number of rotatable bonds is 5. The summed E-state index contributed by atoms with van der Waals surface area (Å²) in [6, 6.07) is -0.0391. The van der Waals surface area contributed by atoms with Gasteiger partial charge in [0.1, 0.15) is 0 Å². The molecule has 1 fully saturated rings. The van der Waals surface area contributed by atoms with Crippen LogP contribution >= 0.6 is 0 Å². The number of hydrogen-bond donors (Lipinski definition) is 2. The van der Waals surface area contributed by atoms with Gasteiger partial charge >= 0.3 is 0 Å². The minimum atomic E-state index is -0.220. The number of methoxy groups -OCH3 is 1. The van der Waals surface area contributed by atoms with E-state index >= 15 is 0 Å². The standard InChI is InChI=1S/C11H22N2O3/c1-8-3-4-13(10(8)7-14)11(15)5-9(6-12)16-2/h8-10,14H,3-7,12H2,1-2H3. The summed E-state index contributed by atoms with van der Waals surface area (Å²) in [5.74, 6) is 0.397. The summed E-state index contributed by atoms with van der Waals surface area (Å²) in [5, 5.41) is 9.25. The zero-order valence-electron chi connectivity index (χ0n) is 10.1. The van der Waals surface area contributed by atoms with Crippen molar-refractivity contribution in [3.05, 3.63) is 0 Å². The van der Waals surface area contributed by atoms with Crippen molar-refractivity contribution < 1.29 is 14.6 Å². The quantitative estimate of drug-likeness (QED) is 0.672. The lowest BCUT2D eigenvalue weighted by Crippen LogP contribution is -2.42. The van der Waals surface area contributed by atoms with Gasteiger partial charge in [-0.25, -0.2) is 0 Å². The lowest BCUT2D eigenvalue weighted by Gasteiger charge is -2.26. The van der Waals surface area contributed by atoms with Crippen molar-refractivity contribution in [1.82, 2.24) is 4.90 Å². The van der Waals surface area contributed by atoms with Crippen LogP contribution in [0.2, 0.25) is 0 Å². The van der Waals surface area contributed by atoms with Crippen LogP contribution < -0.4 is 5.73 Å². The zero-order valence-corrected chi connectivity index (χ0v) is 10.1. The van der Waals surface area contributed by atoms with Gasteiger partial charge in [-0.1, -0.05) is 6.92 Å². The molecule has 0 bridgehead atoms. The number of nitrogens with two attached hydrogens (primary N) is 1. The largest absolute Gasteiger partial charge is 0.394 e. The zero-order chi connectivity index (χ0) is 12.1. The number of aliphatic hydroxyl groups is 1. The van der Waals surface area contributed by atoms with E-state index in [1.54, 1.807) is 12.0 Å². The first kappa shape index (κ1) is 13.4. The van der Waals surface area contributed by atoms with E-state index in [-0.39, 0.29) is 24.7 Å². The molecule has 94 valence electrons. The van der Waals surface area contributed by atoms with E-state index < -0.39 is 0 Å². The second-order valence-electron chi connectivity index (χ2n) is 4.40. The van der Waals surface area contributed by atoms with E-state index in [1.807, 2.05) is 0 Å². The van der Waals surface area contributed by atoms with Crippen LogP contribution in [-0.4, -0.2) is 54.9 Å². The molecule has 5 heteroatoms. The third-order valence-corrected chi connectivity index (χ3v) is 3.39. The molecule has 5 nitrogen and oxygen atoms in total. The third-order valence-electron chi connectivity index (χ3n) is 3.39. The molecule has 1 aliphatic rings. The van der Waals surface area contributed by atoms with E-state index in [0.29, 0.717) is 18.9 Å². The molecule has 1 saturated heterocycles. The smallest absolute Gasteiger partial charge is 0.225 e. The van der Waals surface area contributed by atoms with Gasteiger partial charge in [-0.3, -0.25) is 4.79 Å². The Kier molecular flexibility index (Phi) is 5.18. The lowest BCUT2D eigenvalue weighted by molar-refractivity contribution is -0.135. The normalized spacial score (nSPS) is 27.1. The summed E-state index contributed by atoms with van der Waals surface area (Å²) < 4.78 is 5.09. The number of nitrogens with zero attached hydrogens (tertiary/aromatic N) is 1. The molecule has 0 aromatic heterocycles. The van der Waals surface area contributed by atoms with Crippen molar-refractivity contribution in [1.29, 1.82) is 0 Å². The SMILES string of the molecule is COC(CN)CC(=O)N1CCC(C)C1CO. The fourth-order valence-corrected chi connectivity index (χ4v) is 2.17. The Bertz CT molecular complexity index is 231. The molecule has 1 heterocycles. The average Bonchev–Trinajstić information content (AvgIpc) is 2.66. The molecule has 0 radical (unpaired) electrons.